The lowest BCUT2D eigenvalue weighted by Gasteiger charge is -2.19. The second-order valence-electron chi connectivity index (χ2n) is 8.70. The van der Waals surface area contributed by atoms with E-state index in [9.17, 15) is 9.59 Å². The first-order chi connectivity index (χ1) is 18.2. The van der Waals surface area contributed by atoms with Crippen LogP contribution in [-0.4, -0.2) is 21.5 Å². The number of urea groups is 1. The van der Waals surface area contributed by atoms with Crippen molar-refractivity contribution in [2.24, 2.45) is 0 Å². The molecule has 5 rings (SSSR count). The number of hydrogen-bond acceptors (Lipinski definition) is 3. The highest BCUT2D eigenvalue weighted by atomic mass is 16.2. The SMILES string of the molecule is O=C(NCc1ccc(Cn2cnc3ccccc32)cc1)NC(C(=O)Nc1ccccc1)c1ccccc1. The summed E-state index contributed by atoms with van der Waals surface area (Å²) in [6.07, 6.45) is 1.85. The Morgan fingerprint density at radius 3 is 2.16 bits per heavy atom. The molecule has 0 bridgehead atoms. The molecule has 5 aromatic rings. The van der Waals surface area contributed by atoms with Crippen molar-refractivity contribution >= 4 is 28.7 Å². The van der Waals surface area contributed by atoms with Crippen molar-refractivity contribution in [1.82, 2.24) is 20.2 Å². The summed E-state index contributed by atoms with van der Waals surface area (Å²) in [4.78, 5) is 30.2. The molecule has 0 saturated heterocycles. The molecule has 3 amide bonds. The molecule has 0 fully saturated rings. The molecule has 0 radical (unpaired) electrons. The number of amides is 3. The van der Waals surface area contributed by atoms with E-state index in [1.807, 2.05) is 97.3 Å². The van der Waals surface area contributed by atoms with Gasteiger partial charge in [-0.15, -0.1) is 0 Å². The number of carbonyl (C=O) groups excluding carboxylic acids is 2. The van der Waals surface area contributed by atoms with E-state index in [2.05, 4.69) is 31.6 Å². The molecule has 37 heavy (non-hydrogen) atoms. The zero-order valence-corrected chi connectivity index (χ0v) is 20.2. The van der Waals surface area contributed by atoms with Gasteiger partial charge in [0.15, 0.2) is 0 Å². The van der Waals surface area contributed by atoms with Crippen molar-refractivity contribution in [3.05, 3.63) is 132 Å². The lowest BCUT2D eigenvalue weighted by molar-refractivity contribution is -0.118. The molecule has 0 spiro atoms. The van der Waals surface area contributed by atoms with Crippen molar-refractivity contribution in [2.45, 2.75) is 19.1 Å². The topological polar surface area (TPSA) is 88.1 Å². The van der Waals surface area contributed by atoms with Crippen LogP contribution in [0.4, 0.5) is 10.5 Å². The van der Waals surface area contributed by atoms with Gasteiger partial charge in [-0.2, -0.15) is 0 Å². The molecule has 0 aliphatic carbocycles. The first kappa shape index (κ1) is 23.8. The van der Waals surface area contributed by atoms with Gasteiger partial charge in [0.2, 0.25) is 0 Å². The number of para-hydroxylation sites is 3. The third-order valence-electron chi connectivity index (χ3n) is 6.07. The highest BCUT2D eigenvalue weighted by molar-refractivity contribution is 5.97. The summed E-state index contributed by atoms with van der Waals surface area (Å²) >= 11 is 0. The van der Waals surface area contributed by atoms with Crippen LogP contribution in [0.15, 0.2) is 116 Å². The van der Waals surface area contributed by atoms with Crippen molar-refractivity contribution < 1.29 is 9.59 Å². The van der Waals surface area contributed by atoms with Gasteiger partial charge < -0.3 is 20.5 Å². The number of carbonyl (C=O) groups is 2. The summed E-state index contributed by atoms with van der Waals surface area (Å²) in [5.74, 6) is -0.316. The third-order valence-corrected chi connectivity index (χ3v) is 6.07. The molecule has 1 heterocycles. The molecule has 0 aliphatic heterocycles. The van der Waals surface area contributed by atoms with E-state index in [1.54, 1.807) is 12.1 Å². The van der Waals surface area contributed by atoms with Gasteiger partial charge in [-0.05, 0) is 41.0 Å². The van der Waals surface area contributed by atoms with Gasteiger partial charge in [0.05, 0.1) is 17.4 Å². The van der Waals surface area contributed by atoms with E-state index in [0.717, 1.165) is 22.2 Å². The van der Waals surface area contributed by atoms with Gasteiger partial charge in [0, 0.05) is 18.8 Å². The minimum Gasteiger partial charge on any atom is -0.334 e. The molecule has 1 atom stereocenters. The number of benzene rings is 4. The Morgan fingerprint density at radius 2 is 1.41 bits per heavy atom. The molecule has 7 nitrogen and oxygen atoms in total. The first-order valence-corrected chi connectivity index (χ1v) is 12.1. The molecule has 1 aromatic heterocycles. The molecule has 0 saturated carbocycles. The Morgan fingerprint density at radius 1 is 0.757 bits per heavy atom. The fourth-order valence-electron chi connectivity index (χ4n) is 4.14. The van der Waals surface area contributed by atoms with E-state index in [-0.39, 0.29) is 5.91 Å². The number of nitrogens with zero attached hydrogens (tertiary/aromatic N) is 2. The van der Waals surface area contributed by atoms with Gasteiger partial charge in [-0.3, -0.25) is 4.79 Å². The van der Waals surface area contributed by atoms with Gasteiger partial charge in [0.25, 0.3) is 5.91 Å². The summed E-state index contributed by atoms with van der Waals surface area (Å²) in [6, 6.07) is 33.2. The number of imidazole rings is 1. The predicted octanol–water partition coefficient (Wildman–Crippen LogP) is 5.26. The van der Waals surface area contributed by atoms with Crippen LogP contribution >= 0.6 is 0 Å². The van der Waals surface area contributed by atoms with E-state index < -0.39 is 12.1 Å². The summed E-state index contributed by atoms with van der Waals surface area (Å²) in [6.45, 7) is 1.05. The van der Waals surface area contributed by atoms with E-state index in [0.29, 0.717) is 24.3 Å². The highest BCUT2D eigenvalue weighted by Crippen LogP contribution is 2.17. The Kier molecular flexibility index (Phi) is 7.22. The van der Waals surface area contributed by atoms with Crippen molar-refractivity contribution in [2.75, 3.05) is 5.32 Å². The lowest BCUT2D eigenvalue weighted by Crippen LogP contribution is -2.42. The molecule has 4 aromatic carbocycles. The molecule has 7 heteroatoms. The average molecular weight is 490 g/mol. The first-order valence-electron chi connectivity index (χ1n) is 12.1. The van der Waals surface area contributed by atoms with Gasteiger partial charge >= 0.3 is 6.03 Å². The third kappa shape index (κ3) is 6.02. The highest BCUT2D eigenvalue weighted by Gasteiger charge is 2.22. The second kappa shape index (κ2) is 11.2. The quantitative estimate of drug-likeness (QED) is 0.278. The summed E-state index contributed by atoms with van der Waals surface area (Å²) in [5.41, 5.74) is 5.52. The second-order valence-corrected chi connectivity index (χ2v) is 8.70. The fraction of sp³-hybridized carbons (Fsp3) is 0.100. The van der Waals surface area contributed by atoms with Crippen molar-refractivity contribution in [3.8, 4) is 0 Å². The smallest absolute Gasteiger partial charge is 0.315 e. The molecule has 0 aliphatic rings. The number of anilines is 1. The predicted molar refractivity (Wildman–Crippen MR) is 145 cm³/mol. The van der Waals surface area contributed by atoms with E-state index in [1.165, 1.54) is 0 Å². The minimum absolute atomic E-state index is 0.316. The van der Waals surface area contributed by atoms with Crippen LogP contribution in [0, 0.1) is 0 Å². The summed E-state index contributed by atoms with van der Waals surface area (Å²) in [7, 11) is 0. The number of rotatable bonds is 8. The van der Waals surface area contributed by atoms with Crippen LogP contribution < -0.4 is 16.0 Å². The maximum absolute atomic E-state index is 13.0. The molecule has 184 valence electrons. The van der Waals surface area contributed by atoms with Crippen LogP contribution in [0.1, 0.15) is 22.7 Å². The van der Waals surface area contributed by atoms with E-state index >= 15 is 0 Å². The van der Waals surface area contributed by atoms with Crippen molar-refractivity contribution in [3.63, 3.8) is 0 Å². The Bertz CT molecular complexity index is 1480. The normalized spacial score (nSPS) is 11.6. The molecular weight excluding hydrogens is 462 g/mol. The number of hydrogen-bond donors (Lipinski definition) is 3. The fourth-order valence-corrected chi connectivity index (χ4v) is 4.14. The van der Waals surface area contributed by atoms with Gasteiger partial charge in [-0.1, -0.05) is 84.9 Å². The van der Waals surface area contributed by atoms with Crippen LogP contribution in [0.25, 0.3) is 11.0 Å². The number of fused-ring (bicyclic) bond motifs is 1. The van der Waals surface area contributed by atoms with Crippen LogP contribution in [-0.2, 0) is 17.9 Å². The lowest BCUT2D eigenvalue weighted by atomic mass is 10.1. The number of aromatic nitrogens is 2. The maximum atomic E-state index is 13.0. The number of nitrogens with one attached hydrogen (secondary N) is 3. The molecule has 3 N–H and O–H groups in total. The van der Waals surface area contributed by atoms with Crippen LogP contribution in [0.2, 0.25) is 0 Å². The Hall–Kier alpha value is -4.91. The minimum atomic E-state index is -0.839. The van der Waals surface area contributed by atoms with E-state index in [4.69, 9.17) is 0 Å². The zero-order chi connectivity index (χ0) is 25.5. The standard InChI is InChI=1S/C30H27N5O2/c36-29(33-25-11-5-2-6-12-25)28(24-9-3-1-4-10-24)34-30(37)31-19-22-15-17-23(18-16-22)20-35-21-32-26-13-7-8-14-27(26)35/h1-18,21,28H,19-20H2,(H,33,36)(H2,31,34,37). The maximum Gasteiger partial charge on any atom is 0.315 e. The van der Waals surface area contributed by atoms with Crippen LogP contribution in [0.5, 0.6) is 0 Å². The molecule has 1 unspecified atom stereocenters. The summed E-state index contributed by atoms with van der Waals surface area (Å²) < 4.78 is 2.11. The average Bonchev–Trinajstić information content (AvgIpc) is 3.35. The Balaban J connectivity index is 1.19. The monoisotopic (exact) mass is 489 g/mol. The van der Waals surface area contributed by atoms with Gasteiger partial charge in [-0.25, -0.2) is 9.78 Å². The Labute approximate surface area is 215 Å². The van der Waals surface area contributed by atoms with Crippen LogP contribution in [0.3, 0.4) is 0 Å². The van der Waals surface area contributed by atoms with Gasteiger partial charge in [0.1, 0.15) is 6.04 Å². The zero-order valence-electron chi connectivity index (χ0n) is 20.2. The summed E-state index contributed by atoms with van der Waals surface area (Å²) in [5, 5.41) is 8.54. The molecular formula is C30H27N5O2. The van der Waals surface area contributed by atoms with Crippen molar-refractivity contribution in [1.29, 1.82) is 0 Å². The largest absolute Gasteiger partial charge is 0.334 e.